The smallest absolute Gasteiger partial charge is 0.255 e. The van der Waals surface area contributed by atoms with Crippen LogP contribution >= 0.6 is 0 Å². The highest BCUT2D eigenvalue weighted by atomic mass is 16.2. The molecular weight excluding hydrogens is 260 g/mol. The first-order valence-electron chi connectivity index (χ1n) is 7.35. The molecular formula is C18H20N2O. The van der Waals surface area contributed by atoms with E-state index in [0.717, 1.165) is 25.1 Å². The number of nitrogens with zero attached hydrogens (tertiary/aromatic N) is 1. The second kappa shape index (κ2) is 5.60. The van der Waals surface area contributed by atoms with Gasteiger partial charge in [-0.25, -0.2) is 0 Å². The fraction of sp³-hybridized carbons (Fsp3) is 0.278. The molecule has 1 fully saturated rings. The lowest BCUT2D eigenvalue weighted by atomic mass is 9.99. The van der Waals surface area contributed by atoms with Crippen LogP contribution in [0.1, 0.15) is 33.8 Å². The molecule has 3 nitrogen and oxygen atoms in total. The number of hydrogen-bond acceptors (Lipinski definition) is 2. The minimum Gasteiger partial charge on any atom is -0.398 e. The molecule has 1 aliphatic heterocycles. The Kier molecular flexibility index (Phi) is 3.65. The number of aryl methyl sites for hydroxylation is 1. The maximum Gasteiger partial charge on any atom is 0.255 e. The maximum atomic E-state index is 12.6. The number of carbonyl (C=O) groups is 1. The van der Waals surface area contributed by atoms with E-state index >= 15 is 0 Å². The third kappa shape index (κ3) is 2.77. The first-order chi connectivity index (χ1) is 10.1. The Morgan fingerprint density at radius 2 is 1.95 bits per heavy atom. The van der Waals surface area contributed by atoms with E-state index in [4.69, 9.17) is 5.73 Å². The molecule has 0 radical (unpaired) electrons. The number of carbonyl (C=O) groups excluding carboxylic acids is 1. The van der Waals surface area contributed by atoms with Gasteiger partial charge in [0.15, 0.2) is 0 Å². The molecule has 2 aromatic carbocycles. The zero-order valence-corrected chi connectivity index (χ0v) is 12.3. The van der Waals surface area contributed by atoms with Crippen LogP contribution in [-0.2, 0) is 0 Å². The van der Waals surface area contributed by atoms with Crippen LogP contribution in [0.5, 0.6) is 0 Å². The molecule has 0 aromatic heterocycles. The average molecular weight is 280 g/mol. The standard InChI is InChI=1S/C18H20N2O/c1-13-7-8-17(19)16(11-13)18(21)20-10-9-15(12-20)14-5-3-2-4-6-14/h2-8,11,15H,9-10,12,19H2,1H3. The van der Waals surface area contributed by atoms with Crippen molar-refractivity contribution in [3.8, 4) is 0 Å². The van der Waals surface area contributed by atoms with Gasteiger partial charge in [-0.2, -0.15) is 0 Å². The third-order valence-corrected chi connectivity index (χ3v) is 4.19. The van der Waals surface area contributed by atoms with Gasteiger partial charge in [0.1, 0.15) is 0 Å². The van der Waals surface area contributed by atoms with Gasteiger partial charge in [-0.3, -0.25) is 4.79 Å². The van der Waals surface area contributed by atoms with Crippen molar-refractivity contribution in [2.24, 2.45) is 0 Å². The summed E-state index contributed by atoms with van der Waals surface area (Å²) >= 11 is 0. The van der Waals surface area contributed by atoms with Crippen molar-refractivity contribution in [3.05, 3.63) is 65.2 Å². The van der Waals surface area contributed by atoms with E-state index in [-0.39, 0.29) is 5.91 Å². The van der Waals surface area contributed by atoms with Crippen molar-refractivity contribution in [3.63, 3.8) is 0 Å². The monoisotopic (exact) mass is 280 g/mol. The minimum atomic E-state index is 0.0506. The topological polar surface area (TPSA) is 46.3 Å². The van der Waals surface area contributed by atoms with Crippen LogP contribution < -0.4 is 5.73 Å². The molecule has 1 heterocycles. The number of hydrogen-bond donors (Lipinski definition) is 1. The Bertz CT molecular complexity index is 652. The molecule has 0 spiro atoms. The molecule has 1 amide bonds. The Hall–Kier alpha value is -2.29. The van der Waals surface area contributed by atoms with E-state index < -0.39 is 0 Å². The number of amides is 1. The Balaban J connectivity index is 1.77. The average Bonchev–Trinajstić information content (AvgIpc) is 3.00. The van der Waals surface area contributed by atoms with E-state index in [9.17, 15) is 4.79 Å². The Morgan fingerprint density at radius 3 is 2.71 bits per heavy atom. The van der Waals surface area contributed by atoms with Crippen molar-refractivity contribution in [2.45, 2.75) is 19.3 Å². The third-order valence-electron chi connectivity index (χ3n) is 4.19. The van der Waals surface area contributed by atoms with Gasteiger partial charge in [-0.1, -0.05) is 42.0 Å². The highest BCUT2D eigenvalue weighted by Crippen LogP contribution is 2.28. The van der Waals surface area contributed by atoms with Gasteiger partial charge in [0.05, 0.1) is 5.56 Å². The highest BCUT2D eigenvalue weighted by molar-refractivity contribution is 5.99. The summed E-state index contributed by atoms with van der Waals surface area (Å²) in [5, 5.41) is 0. The number of likely N-dealkylation sites (tertiary alicyclic amines) is 1. The second-order valence-corrected chi connectivity index (χ2v) is 5.74. The fourth-order valence-corrected chi connectivity index (χ4v) is 2.97. The highest BCUT2D eigenvalue weighted by Gasteiger charge is 2.28. The fourth-order valence-electron chi connectivity index (χ4n) is 2.97. The van der Waals surface area contributed by atoms with E-state index in [1.165, 1.54) is 5.56 Å². The molecule has 2 N–H and O–H groups in total. The van der Waals surface area contributed by atoms with Crippen LogP contribution in [0.3, 0.4) is 0 Å². The van der Waals surface area contributed by atoms with Gasteiger partial charge < -0.3 is 10.6 Å². The first kappa shape index (κ1) is 13.7. The number of rotatable bonds is 2. The predicted octanol–water partition coefficient (Wildman–Crippen LogP) is 3.21. The molecule has 0 aliphatic carbocycles. The van der Waals surface area contributed by atoms with Gasteiger partial charge in [0.2, 0.25) is 0 Å². The van der Waals surface area contributed by atoms with Gasteiger partial charge in [-0.05, 0) is 31.0 Å². The molecule has 108 valence electrons. The molecule has 3 rings (SSSR count). The molecule has 2 aromatic rings. The van der Waals surface area contributed by atoms with E-state index in [1.807, 2.05) is 36.1 Å². The number of anilines is 1. The van der Waals surface area contributed by atoms with Crippen LogP contribution in [0.25, 0.3) is 0 Å². The quantitative estimate of drug-likeness (QED) is 0.859. The number of benzene rings is 2. The molecule has 0 saturated carbocycles. The summed E-state index contributed by atoms with van der Waals surface area (Å²) in [6, 6.07) is 16.0. The van der Waals surface area contributed by atoms with E-state index in [2.05, 4.69) is 24.3 Å². The maximum absolute atomic E-state index is 12.6. The van der Waals surface area contributed by atoms with Crippen molar-refractivity contribution in [2.75, 3.05) is 18.8 Å². The molecule has 1 aliphatic rings. The molecule has 1 saturated heterocycles. The van der Waals surface area contributed by atoms with Crippen LogP contribution in [-0.4, -0.2) is 23.9 Å². The van der Waals surface area contributed by atoms with Crippen LogP contribution in [0.15, 0.2) is 48.5 Å². The normalized spacial score (nSPS) is 18.0. The number of nitrogens with two attached hydrogens (primary N) is 1. The van der Waals surface area contributed by atoms with E-state index in [1.54, 1.807) is 0 Å². The lowest BCUT2D eigenvalue weighted by Gasteiger charge is -2.18. The van der Waals surface area contributed by atoms with Crippen molar-refractivity contribution in [1.29, 1.82) is 0 Å². The predicted molar refractivity (Wildman–Crippen MR) is 85.3 cm³/mol. The zero-order chi connectivity index (χ0) is 14.8. The first-order valence-corrected chi connectivity index (χ1v) is 7.35. The zero-order valence-electron chi connectivity index (χ0n) is 12.3. The lowest BCUT2D eigenvalue weighted by molar-refractivity contribution is 0.0791. The minimum absolute atomic E-state index is 0.0506. The van der Waals surface area contributed by atoms with Gasteiger partial charge in [0, 0.05) is 24.7 Å². The summed E-state index contributed by atoms with van der Waals surface area (Å²) in [6.07, 6.45) is 1.02. The van der Waals surface area contributed by atoms with Gasteiger partial charge >= 0.3 is 0 Å². The molecule has 3 heteroatoms. The van der Waals surface area contributed by atoms with Gasteiger partial charge in [-0.15, -0.1) is 0 Å². The SMILES string of the molecule is Cc1ccc(N)c(C(=O)N2CCC(c3ccccc3)C2)c1. The molecule has 21 heavy (non-hydrogen) atoms. The molecule has 1 unspecified atom stereocenters. The van der Waals surface area contributed by atoms with E-state index in [0.29, 0.717) is 17.2 Å². The summed E-state index contributed by atoms with van der Waals surface area (Å²) in [5.41, 5.74) is 9.52. The summed E-state index contributed by atoms with van der Waals surface area (Å²) in [4.78, 5) is 14.6. The molecule has 0 bridgehead atoms. The van der Waals surface area contributed by atoms with Gasteiger partial charge in [0.25, 0.3) is 5.91 Å². The summed E-state index contributed by atoms with van der Waals surface area (Å²) in [6.45, 7) is 3.55. The van der Waals surface area contributed by atoms with Crippen molar-refractivity contribution in [1.82, 2.24) is 4.90 Å². The Labute approximate surface area is 125 Å². The van der Waals surface area contributed by atoms with Crippen LogP contribution in [0.2, 0.25) is 0 Å². The van der Waals surface area contributed by atoms with Crippen molar-refractivity contribution < 1.29 is 4.79 Å². The summed E-state index contributed by atoms with van der Waals surface area (Å²) in [7, 11) is 0. The summed E-state index contributed by atoms with van der Waals surface area (Å²) < 4.78 is 0. The Morgan fingerprint density at radius 1 is 1.19 bits per heavy atom. The van der Waals surface area contributed by atoms with Crippen molar-refractivity contribution >= 4 is 11.6 Å². The van der Waals surface area contributed by atoms with Crippen LogP contribution in [0, 0.1) is 6.92 Å². The summed E-state index contributed by atoms with van der Waals surface area (Å²) in [5.74, 6) is 0.482. The molecule has 1 atom stereocenters. The second-order valence-electron chi connectivity index (χ2n) is 5.74. The van der Waals surface area contributed by atoms with Crippen LogP contribution in [0.4, 0.5) is 5.69 Å². The number of nitrogen functional groups attached to an aromatic ring is 1. The largest absolute Gasteiger partial charge is 0.398 e. The lowest BCUT2D eigenvalue weighted by Crippen LogP contribution is -2.29.